The van der Waals surface area contributed by atoms with Crippen LogP contribution in [0.2, 0.25) is 0 Å². The van der Waals surface area contributed by atoms with E-state index in [9.17, 15) is 35.5 Å². The maximum absolute atomic E-state index is 13.5. The number of hydrogen-bond acceptors (Lipinski definition) is 4. The number of aromatic nitrogens is 1. The van der Waals surface area contributed by atoms with Crippen LogP contribution in [-0.4, -0.2) is 30.2 Å². The van der Waals surface area contributed by atoms with E-state index < -0.39 is 41.0 Å². The third-order valence-corrected chi connectivity index (χ3v) is 3.05. The summed E-state index contributed by atoms with van der Waals surface area (Å²) in [6, 6.07) is 3.29. The highest BCUT2D eigenvalue weighted by Gasteiger charge is 2.75. The first-order chi connectivity index (χ1) is 10.9. The Morgan fingerprint density at radius 2 is 1.79 bits per heavy atom. The Bertz CT molecular complexity index is 767. The molecular weight excluding hydrogens is 351 g/mol. The zero-order chi connectivity index (χ0) is 18.3. The van der Waals surface area contributed by atoms with Crippen molar-refractivity contribution in [3.8, 4) is 0 Å². The van der Waals surface area contributed by atoms with Crippen LogP contribution in [0.15, 0.2) is 22.6 Å². The van der Waals surface area contributed by atoms with Crippen molar-refractivity contribution in [3.05, 3.63) is 29.7 Å². The van der Waals surface area contributed by atoms with E-state index in [1.807, 2.05) is 0 Å². The van der Waals surface area contributed by atoms with E-state index >= 15 is 0 Å². The van der Waals surface area contributed by atoms with E-state index in [1.54, 1.807) is 0 Å². The third-order valence-electron chi connectivity index (χ3n) is 3.05. The van der Waals surface area contributed by atoms with Gasteiger partial charge in [-0.3, -0.25) is 4.79 Å². The fourth-order valence-electron chi connectivity index (χ4n) is 1.77. The number of nitrogens with zero attached hydrogens (tertiary/aromatic N) is 1. The molecule has 24 heavy (non-hydrogen) atoms. The van der Waals surface area contributed by atoms with Crippen molar-refractivity contribution in [1.82, 2.24) is 4.98 Å². The standard InChI is InChI=1S/C13H8F7NO3/c1-23-9(22)5-6-2-3-8-7(4-6)21-10(24-8)11(14,15)12(16,17)13(18,19)20/h2-4H,5H2,1H3. The molecule has 1 heterocycles. The van der Waals surface area contributed by atoms with E-state index in [0.29, 0.717) is 0 Å². The first kappa shape index (κ1) is 18.0. The number of carbonyl (C=O) groups excluding carboxylic acids is 1. The summed E-state index contributed by atoms with van der Waals surface area (Å²) in [5, 5.41) is 0. The number of esters is 1. The van der Waals surface area contributed by atoms with Gasteiger partial charge in [0.05, 0.1) is 13.5 Å². The van der Waals surface area contributed by atoms with E-state index in [-0.39, 0.29) is 12.0 Å². The van der Waals surface area contributed by atoms with E-state index in [1.165, 1.54) is 6.07 Å². The Morgan fingerprint density at radius 3 is 2.33 bits per heavy atom. The lowest BCUT2D eigenvalue weighted by molar-refractivity contribution is -0.363. The molecule has 0 saturated heterocycles. The number of rotatable bonds is 4. The molecule has 0 fully saturated rings. The highest BCUT2D eigenvalue weighted by molar-refractivity contribution is 5.77. The van der Waals surface area contributed by atoms with Crippen LogP contribution in [0, 0.1) is 0 Å². The van der Waals surface area contributed by atoms with Gasteiger partial charge in [-0.05, 0) is 17.7 Å². The van der Waals surface area contributed by atoms with Crippen molar-refractivity contribution in [2.75, 3.05) is 7.11 Å². The Labute approximate surface area is 129 Å². The monoisotopic (exact) mass is 359 g/mol. The zero-order valence-corrected chi connectivity index (χ0v) is 11.8. The quantitative estimate of drug-likeness (QED) is 0.615. The minimum absolute atomic E-state index is 0.222. The third kappa shape index (κ3) is 2.89. The highest BCUT2D eigenvalue weighted by Crippen LogP contribution is 2.51. The summed E-state index contributed by atoms with van der Waals surface area (Å²) >= 11 is 0. The van der Waals surface area contributed by atoms with E-state index in [0.717, 1.165) is 19.2 Å². The molecule has 11 heteroatoms. The van der Waals surface area contributed by atoms with Gasteiger partial charge in [-0.1, -0.05) is 6.07 Å². The topological polar surface area (TPSA) is 52.3 Å². The lowest BCUT2D eigenvalue weighted by atomic mass is 10.1. The lowest BCUT2D eigenvalue weighted by Crippen LogP contribution is -2.50. The van der Waals surface area contributed by atoms with Crippen LogP contribution in [0.4, 0.5) is 30.7 Å². The van der Waals surface area contributed by atoms with Crippen LogP contribution in [-0.2, 0) is 21.9 Å². The number of oxazole rings is 1. The van der Waals surface area contributed by atoms with Gasteiger partial charge in [-0.2, -0.15) is 30.7 Å². The van der Waals surface area contributed by atoms with Gasteiger partial charge in [0.1, 0.15) is 5.52 Å². The molecule has 0 aliphatic carbocycles. The Kier molecular flexibility index (Phi) is 4.23. The largest absolute Gasteiger partial charge is 0.469 e. The molecule has 0 saturated carbocycles. The molecular formula is C13H8F7NO3. The van der Waals surface area contributed by atoms with Gasteiger partial charge in [0.25, 0.3) is 5.89 Å². The first-order valence-electron chi connectivity index (χ1n) is 6.19. The summed E-state index contributed by atoms with van der Waals surface area (Å²) in [4.78, 5) is 14.1. The molecule has 0 atom stereocenters. The van der Waals surface area contributed by atoms with E-state index in [2.05, 4.69) is 14.1 Å². The molecule has 0 amide bonds. The van der Waals surface area contributed by atoms with Gasteiger partial charge in [-0.15, -0.1) is 0 Å². The lowest BCUT2D eigenvalue weighted by Gasteiger charge is -2.25. The van der Waals surface area contributed by atoms with Crippen molar-refractivity contribution < 1.29 is 44.7 Å². The van der Waals surface area contributed by atoms with Gasteiger partial charge in [0.15, 0.2) is 5.58 Å². The molecule has 0 bridgehead atoms. The summed E-state index contributed by atoms with van der Waals surface area (Å²) in [6.07, 6.45) is -6.77. The maximum Gasteiger partial charge on any atom is 0.460 e. The Balaban J connectivity index is 2.45. The number of carbonyl (C=O) groups is 1. The van der Waals surface area contributed by atoms with Crippen molar-refractivity contribution in [2.24, 2.45) is 0 Å². The minimum Gasteiger partial charge on any atom is -0.469 e. The van der Waals surface area contributed by atoms with Crippen LogP contribution >= 0.6 is 0 Å². The Hall–Kier alpha value is -2.33. The summed E-state index contributed by atoms with van der Waals surface area (Å²) in [5.74, 6) is -14.8. The van der Waals surface area contributed by atoms with Gasteiger partial charge in [-0.25, -0.2) is 4.98 Å². The number of benzene rings is 1. The molecule has 0 radical (unpaired) electrons. The molecule has 0 spiro atoms. The van der Waals surface area contributed by atoms with Crippen molar-refractivity contribution >= 4 is 17.1 Å². The molecule has 4 nitrogen and oxygen atoms in total. The molecule has 0 aliphatic heterocycles. The molecule has 1 aromatic heterocycles. The SMILES string of the molecule is COC(=O)Cc1ccc2oc(C(F)(F)C(F)(F)C(F)(F)F)nc2c1. The number of ether oxygens (including phenoxy) is 1. The molecule has 0 N–H and O–H groups in total. The number of alkyl halides is 7. The predicted octanol–water partition coefficient (Wildman–Crippen LogP) is 3.83. The zero-order valence-electron chi connectivity index (χ0n) is 11.8. The molecule has 1 aromatic carbocycles. The Morgan fingerprint density at radius 1 is 1.17 bits per heavy atom. The van der Waals surface area contributed by atoms with Crippen molar-refractivity contribution in [2.45, 2.75) is 24.4 Å². The van der Waals surface area contributed by atoms with Gasteiger partial charge in [0, 0.05) is 0 Å². The van der Waals surface area contributed by atoms with Crippen molar-refractivity contribution in [1.29, 1.82) is 0 Å². The highest BCUT2D eigenvalue weighted by atomic mass is 19.4. The number of halogens is 7. The summed E-state index contributed by atoms with van der Waals surface area (Å²) in [7, 11) is 1.11. The molecule has 2 rings (SSSR count). The molecule has 0 unspecified atom stereocenters. The second kappa shape index (κ2) is 5.64. The first-order valence-corrected chi connectivity index (χ1v) is 6.19. The number of methoxy groups -OCH3 is 1. The molecule has 2 aromatic rings. The van der Waals surface area contributed by atoms with Gasteiger partial charge in [0.2, 0.25) is 0 Å². The van der Waals surface area contributed by atoms with Crippen LogP contribution in [0.1, 0.15) is 11.5 Å². The average Bonchev–Trinajstić information content (AvgIpc) is 2.89. The summed E-state index contributed by atoms with van der Waals surface area (Å²) in [5.41, 5.74) is -0.611. The van der Waals surface area contributed by atoms with Crippen molar-refractivity contribution in [3.63, 3.8) is 0 Å². The second-order valence-corrected chi connectivity index (χ2v) is 4.72. The van der Waals surface area contributed by atoms with Crippen LogP contribution < -0.4 is 0 Å². The van der Waals surface area contributed by atoms with Gasteiger partial charge >= 0.3 is 24.0 Å². The van der Waals surface area contributed by atoms with E-state index in [4.69, 9.17) is 0 Å². The fraction of sp³-hybridized carbons (Fsp3) is 0.385. The minimum atomic E-state index is -6.49. The van der Waals surface area contributed by atoms with Crippen LogP contribution in [0.3, 0.4) is 0 Å². The average molecular weight is 359 g/mol. The predicted molar refractivity (Wildman–Crippen MR) is 64.6 cm³/mol. The summed E-state index contributed by atoms with van der Waals surface area (Å²) in [6.45, 7) is 0. The van der Waals surface area contributed by atoms with Crippen LogP contribution in [0.25, 0.3) is 11.1 Å². The molecule has 0 aliphatic rings. The van der Waals surface area contributed by atoms with Crippen LogP contribution in [0.5, 0.6) is 0 Å². The smallest absolute Gasteiger partial charge is 0.460 e. The maximum atomic E-state index is 13.5. The normalized spacial score (nSPS) is 13.3. The molecule has 132 valence electrons. The fourth-order valence-corrected chi connectivity index (χ4v) is 1.77. The second-order valence-electron chi connectivity index (χ2n) is 4.72. The summed E-state index contributed by atoms with van der Waals surface area (Å²) < 4.78 is 98.3. The number of hydrogen-bond donors (Lipinski definition) is 0. The van der Waals surface area contributed by atoms with Gasteiger partial charge < -0.3 is 9.15 Å². The number of fused-ring (bicyclic) bond motifs is 1.